The van der Waals surface area contributed by atoms with Gasteiger partial charge in [-0.1, -0.05) is 64.5 Å². The molecule has 1 aliphatic heterocycles. The van der Waals surface area contributed by atoms with Crippen molar-refractivity contribution < 1.29 is 19.1 Å². The number of fused-ring (bicyclic) bond motifs is 1. The molecule has 0 unspecified atom stereocenters. The zero-order valence-electron chi connectivity index (χ0n) is 18.9. The van der Waals surface area contributed by atoms with E-state index >= 15 is 0 Å². The Morgan fingerprint density at radius 3 is 2.35 bits per heavy atom. The number of hydrogen-bond acceptors (Lipinski definition) is 6. The van der Waals surface area contributed by atoms with Crippen molar-refractivity contribution in [3.8, 4) is 0 Å². The first-order valence-corrected chi connectivity index (χ1v) is 11.7. The van der Waals surface area contributed by atoms with Crippen molar-refractivity contribution in [3.63, 3.8) is 0 Å². The molecule has 0 amide bonds. The minimum absolute atomic E-state index is 0.210. The van der Waals surface area contributed by atoms with Gasteiger partial charge in [0, 0.05) is 22.0 Å². The van der Waals surface area contributed by atoms with Crippen molar-refractivity contribution in [2.75, 3.05) is 24.4 Å². The lowest BCUT2D eigenvalue weighted by Crippen LogP contribution is -2.51. The molecule has 1 heterocycles. The van der Waals surface area contributed by atoms with Crippen LogP contribution in [0.25, 0.3) is 0 Å². The van der Waals surface area contributed by atoms with E-state index in [0.717, 1.165) is 15.7 Å². The van der Waals surface area contributed by atoms with Gasteiger partial charge in [0.25, 0.3) is 0 Å². The van der Waals surface area contributed by atoms with Crippen molar-refractivity contribution in [3.05, 3.63) is 106 Å². The maximum absolute atomic E-state index is 13.8. The second kappa shape index (κ2) is 10.1. The van der Waals surface area contributed by atoms with Gasteiger partial charge in [-0.2, -0.15) is 0 Å². The van der Waals surface area contributed by atoms with E-state index in [9.17, 15) is 9.59 Å². The van der Waals surface area contributed by atoms with Crippen LogP contribution in [-0.4, -0.2) is 25.7 Å². The van der Waals surface area contributed by atoms with Crippen molar-refractivity contribution in [1.82, 2.24) is 0 Å². The van der Waals surface area contributed by atoms with Crippen molar-refractivity contribution in [1.29, 1.82) is 0 Å². The molecule has 34 heavy (non-hydrogen) atoms. The summed E-state index contributed by atoms with van der Waals surface area (Å²) in [6.45, 7) is 1.96. The molecule has 0 bridgehead atoms. The summed E-state index contributed by atoms with van der Waals surface area (Å²) >= 11 is 3.46. The third-order valence-corrected chi connectivity index (χ3v) is 6.36. The van der Waals surface area contributed by atoms with Crippen LogP contribution in [-0.2, 0) is 24.6 Å². The first kappa shape index (κ1) is 23.6. The van der Waals surface area contributed by atoms with E-state index in [-0.39, 0.29) is 6.61 Å². The van der Waals surface area contributed by atoms with Crippen LogP contribution in [0.3, 0.4) is 0 Å². The Bertz CT molecular complexity index is 1210. The van der Waals surface area contributed by atoms with Gasteiger partial charge in [-0.25, -0.2) is 9.59 Å². The molecular weight excluding hydrogens is 496 g/mol. The summed E-state index contributed by atoms with van der Waals surface area (Å²) < 4.78 is 11.7. The number of halogens is 1. The fourth-order valence-corrected chi connectivity index (χ4v) is 4.63. The minimum atomic E-state index is -1.47. The first-order valence-electron chi connectivity index (χ1n) is 10.9. The number of rotatable bonds is 7. The summed E-state index contributed by atoms with van der Waals surface area (Å²) in [6, 6.07) is 24.4. The molecule has 0 radical (unpaired) electrons. The van der Waals surface area contributed by atoms with Gasteiger partial charge in [0.05, 0.1) is 25.2 Å². The zero-order chi connectivity index (χ0) is 24.1. The average molecular weight is 521 g/mol. The highest BCUT2D eigenvalue weighted by atomic mass is 79.9. The number of carbonyl (C=O) groups excluding carboxylic acids is 2. The van der Waals surface area contributed by atoms with E-state index in [0.29, 0.717) is 16.8 Å². The van der Waals surface area contributed by atoms with Crippen LogP contribution in [0.1, 0.15) is 24.0 Å². The SMILES string of the molecule is CCOC(=O)C1=CNc2ccccc2[C@@H]1[C@](Nc1ccc(Br)cc1)(C(=O)OC)c1ccccc1. The number of para-hydroxylation sites is 1. The Labute approximate surface area is 207 Å². The number of methoxy groups -OCH3 is 1. The van der Waals surface area contributed by atoms with Gasteiger partial charge in [0.2, 0.25) is 0 Å². The zero-order valence-corrected chi connectivity index (χ0v) is 20.5. The predicted molar refractivity (Wildman–Crippen MR) is 135 cm³/mol. The molecule has 0 fully saturated rings. The molecule has 0 saturated heterocycles. The highest BCUT2D eigenvalue weighted by Gasteiger charge is 2.53. The number of benzene rings is 3. The van der Waals surface area contributed by atoms with Crippen LogP contribution in [0.15, 0.2) is 95.1 Å². The normalized spacial score (nSPS) is 16.2. The maximum atomic E-state index is 13.8. The number of ether oxygens (including phenoxy) is 2. The number of esters is 2. The van der Waals surface area contributed by atoms with Gasteiger partial charge in [0.1, 0.15) is 0 Å². The Morgan fingerprint density at radius 2 is 1.68 bits per heavy atom. The molecule has 0 saturated carbocycles. The number of anilines is 2. The summed E-state index contributed by atoms with van der Waals surface area (Å²) in [5.74, 6) is -1.78. The standard InChI is InChI=1S/C27H25BrN2O4/c1-3-34-25(31)22-17-29-23-12-8-7-11-21(23)24(22)27(26(32)33-2,18-9-5-4-6-10-18)30-20-15-13-19(28)14-16-20/h4-17,24,29-30H,3H2,1-2H3/t24-,27-/m0/s1. The Hall–Kier alpha value is -3.58. The molecule has 6 nitrogen and oxygen atoms in total. The van der Waals surface area contributed by atoms with Crippen LogP contribution < -0.4 is 10.6 Å². The summed E-state index contributed by atoms with van der Waals surface area (Å²) in [5.41, 5.74) is 1.76. The molecule has 0 spiro atoms. The van der Waals surface area contributed by atoms with Crippen LogP contribution in [0.4, 0.5) is 11.4 Å². The highest BCUT2D eigenvalue weighted by Crippen LogP contribution is 2.49. The summed E-state index contributed by atoms with van der Waals surface area (Å²) in [6.07, 6.45) is 1.62. The average Bonchev–Trinajstić information content (AvgIpc) is 2.88. The lowest BCUT2D eigenvalue weighted by Gasteiger charge is -2.42. The predicted octanol–water partition coefficient (Wildman–Crippen LogP) is 5.59. The topological polar surface area (TPSA) is 76.7 Å². The van der Waals surface area contributed by atoms with Gasteiger partial charge in [-0.05, 0) is 48.4 Å². The number of nitrogens with one attached hydrogen (secondary N) is 2. The molecule has 0 aromatic heterocycles. The van der Waals surface area contributed by atoms with Crippen molar-refractivity contribution >= 4 is 39.2 Å². The molecule has 0 aliphatic carbocycles. The van der Waals surface area contributed by atoms with Gasteiger partial charge >= 0.3 is 11.9 Å². The molecule has 174 valence electrons. The van der Waals surface area contributed by atoms with Crippen molar-refractivity contribution in [2.24, 2.45) is 0 Å². The smallest absolute Gasteiger partial charge is 0.337 e. The van der Waals surface area contributed by atoms with Gasteiger partial charge in [-0.15, -0.1) is 0 Å². The third kappa shape index (κ3) is 4.31. The fourth-order valence-electron chi connectivity index (χ4n) is 4.36. The summed E-state index contributed by atoms with van der Waals surface area (Å²) in [4.78, 5) is 27.0. The van der Waals surface area contributed by atoms with E-state index < -0.39 is 23.4 Å². The van der Waals surface area contributed by atoms with E-state index in [1.807, 2.05) is 78.9 Å². The summed E-state index contributed by atoms with van der Waals surface area (Å²) in [7, 11) is 1.35. The molecule has 3 aromatic rings. The van der Waals surface area contributed by atoms with E-state index in [2.05, 4.69) is 26.6 Å². The Kier molecular flexibility index (Phi) is 7.03. The Balaban J connectivity index is 2.02. The quantitative estimate of drug-likeness (QED) is 0.395. The second-order valence-electron chi connectivity index (χ2n) is 7.78. The molecule has 2 N–H and O–H groups in total. The second-order valence-corrected chi connectivity index (χ2v) is 8.70. The van der Waals surface area contributed by atoms with Crippen LogP contribution in [0, 0.1) is 0 Å². The summed E-state index contributed by atoms with van der Waals surface area (Å²) in [5, 5.41) is 6.64. The van der Waals surface area contributed by atoms with E-state index in [1.54, 1.807) is 13.1 Å². The van der Waals surface area contributed by atoms with Gasteiger partial charge < -0.3 is 20.1 Å². The molecule has 2 atom stereocenters. The molecular formula is C27H25BrN2O4. The number of hydrogen-bond donors (Lipinski definition) is 2. The largest absolute Gasteiger partial charge is 0.467 e. The molecule has 7 heteroatoms. The molecule has 1 aliphatic rings. The monoisotopic (exact) mass is 520 g/mol. The van der Waals surface area contributed by atoms with E-state index in [1.165, 1.54) is 7.11 Å². The lowest BCUT2D eigenvalue weighted by atomic mass is 9.69. The highest BCUT2D eigenvalue weighted by molar-refractivity contribution is 9.10. The van der Waals surface area contributed by atoms with E-state index in [4.69, 9.17) is 9.47 Å². The van der Waals surface area contributed by atoms with Crippen LogP contribution >= 0.6 is 15.9 Å². The van der Waals surface area contributed by atoms with Crippen molar-refractivity contribution in [2.45, 2.75) is 18.4 Å². The number of carbonyl (C=O) groups is 2. The van der Waals surface area contributed by atoms with Crippen LogP contribution in [0.5, 0.6) is 0 Å². The first-order chi connectivity index (χ1) is 16.5. The fraction of sp³-hybridized carbons (Fsp3) is 0.185. The molecule has 3 aromatic carbocycles. The minimum Gasteiger partial charge on any atom is -0.467 e. The third-order valence-electron chi connectivity index (χ3n) is 5.83. The van der Waals surface area contributed by atoms with Gasteiger partial charge in [0.15, 0.2) is 5.54 Å². The lowest BCUT2D eigenvalue weighted by molar-refractivity contribution is -0.147. The molecule has 4 rings (SSSR count). The van der Waals surface area contributed by atoms with Crippen LogP contribution in [0.2, 0.25) is 0 Å². The van der Waals surface area contributed by atoms with Gasteiger partial charge in [-0.3, -0.25) is 0 Å². The maximum Gasteiger partial charge on any atom is 0.337 e. The Morgan fingerprint density at radius 1 is 1.00 bits per heavy atom.